The third-order valence-corrected chi connectivity index (χ3v) is 3.94. The summed E-state index contributed by atoms with van der Waals surface area (Å²) >= 11 is 1.68. The minimum Gasteiger partial charge on any atom is -0.293 e. The standard InChI is InChI=1S/C14H17NOS/c1-3-11(2)9-17-10-14(16)13-6-4-12(8-15)5-7-13/h4-7,11H,3,9-10H2,1-2H3. The summed E-state index contributed by atoms with van der Waals surface area (Å²) in [5.41, 5.74) is 1.29. The number of benzene rings is 1. The molecule has 2 nitrogen and oxygen atoms in total. The largest absolute Gasteiger partial charge is 0.293 e. The molecule has 0 radical (unpaired) electrons. The molecule has 0 aliphatic heterocycles. The van der Waals surface area contributed by atoms with Gasteiger partial charge in [0.05, 0.1) is 17.4 Å². The number of Topliss-reactive ketones (excluding diaryl/α,β-unsaturated/α-hetero) is 1. The van der Waals surface area contributed by atoms with Gasteiger partial charge in [-0.3, -0.25) is 4.79 Å². The van der Waals surface area contributed by atoms with Crippen LogP contribution < -0.4 is 0 Å². The third-order valence-electron chi connectivity index (χ3n) is 2.67. The molecule has 0 fully saturated rings. The molecule has 1 atom stereocenters. The first kappa shape index (κ1) is 13.8. The Bertz CT molecular complexity index is 405. The molecule has 17 heavy (non-hydrogen) atoms. The van der Waals surface area contributed by atoms with Gasteiger partial charge in [0, 0.05) is 5.56 Å². The number of hydrogen-bond donors (Lipinski definition) is 0. The summed E-state index contributed by atoms with van der Waals surface area (Å²) in [6, 6.07) is 8.87. The Kier molecular flexibility index (Phi) is 5.79. The Labute approximate surface area is 107 Å². The molecule has 0 aliphatic carbocycles. The lowest BCUT2D eigenvalue weighted by molar-refractivity contribution is 0.102. The number of hydrogen-bond acceptors (Lipinski definition) is 3. The maximum absolute atomic E-state index is 11.8. The van der Waals surface area contributed by atoms with Gasteiger partial charge >= 0.3 is 0 Å². The number of nitrogens with zero attached hydrogens (tertiary/aromatic N) is 1. The van der Waals surface area contributed by atoms with Crippen LogP contribution in [0, 0.1) is 17.2 Å². The van der Waals surface area contributed by atoms with Gasteiger partial charge in [0.15, 0.2) is 5.78 Å². The Hall–Kier alpha value is -1.27. The molecule has 0 saturated carbocycles. The second-order valence-electron chi connectivity index (χ2n) is 4.14. The van der Waals surface area contributed by atoms with Crippen molar-refractivity contribution in [2.24, 2.45) is 5.92 Å². The molecule has 0 heterocycles. The Morgan fingerprint density at radius 3 is 2.59 bits per heavy atom. The fourth-order valence-corrected chi connectivity index (χ4v) is 2.39. The lowest BCUT2D eigenvalue weighted by Gasteiger charge is -2.07. The Balaban J connectivity index is 2.44. The molecule has 0 aromatic heterocycles. The van der Waals surface area contributed by atoms with Crippen molar-refractivity contribution in [1.82, 2.24) is 0 Å². The first-order valence-corrected chi connectivity index (χ1v) is 6.94. The Morgan fingerprint density at radius 1 is 1.41 bits per heavy atom. The van der Waals surface area contributed by atoms with E-state index in [9.17, 15) is 4.79 Å². The molecule has 1 rings (SSSR count). The van der Waals surface area contributed by atoms with Gasteiger partial charge in [-0.25, -0.2) is 0 Å². The molecule has 0 amide bonds. The highest BCUT2D eigenvalue weighted by atomic mass is 32.2. The number of carbonyl (C=O) groups is 1. The SMILES string of the molecule is CCC(C)CSCC(=O)c1ccc(C#N)cc1. The topological polar surface area (TPSA) is 40.9 Å². The molecule has 0 bridgehead atoms. The summed E-state index contributed by atoms with van der Waals surface area (Å²) in [4.78, 5) is 11.8. The van der Waals surface area contributed by atoms with Gasteiger partial charge in [-0.15, -0.1) is 0 Å². The maximum atomic E-state index is 11.8. The molecule has 0 N–H and O–H groups in total. The number of thioether (sulfide) groups is 1. The lowest BCUT2D eigenvalue weighted by Crippen LogP contribution is -2.05. The van der Waals surface area contributed by atoms with E-state index in [1.165, 1.54) is 0 Å². The maximum Gasteiger partial charge on any atom is 0.172 e. The zero-order valence-electron chi connectivity index (χ0n) is 10.3. The van der Waals surface area contributed by atoms with Crippen LogP contribution in [0.4, 0.5) is 0 Å². The quantitative estimate of drug-likeness (QED) is 0.722. The predicted molar refractivity (Wildman–Crippen MR) is 72.3 cm³/mol. The molecule has 0 aliphatic rings. The van der Waals surface area contributed by atoms with Crippen LogP contribution >= 0.6 is 11.8 Å². The number of nitriles is 1. The van der Waals surface area contributed by atoms with Crippen molar-refractivity contribution in [1.29, 1.82) is 5.26 Å². The van der Waals surface area contributed by atoms with E-state index in [4.69, 9.17) is 5.26 Å². The molecule has 0 saturated heterocycles. The first-order valence-electron chi connectivity index (χ1n) is 5.78. The highest BCUT2D eigenvalue weighted by Crippen LogP contribution is 2.13. The van der Waals surface area contributed by atoms with Crippen LogP contribution in [0.15, 0.2) is 24.3 Å². The van der Waals surface area contributed by atoms with Gasteiger partial charge < -0.3 is 0 Å². The summed E-state index contributed by atoms with van der Waals surface area (Å²) in [7, 11) is 0. The van der Waals surface area contributed by atoms with Crippen molar-refractivity contribution >= 4 is 17.5 Å². The molecule has 1 aromatic carbocycles. The van der Waals surface area contributed by atoms with Crippen LogP contribution in [0.1, 0.15) is 36.2 Å². The van der Waals surface area contributed by atoms with E-state index in [1.807, 2.05) is 6.07 Å². The second-order valence-corrected chi connectivity index (χ2v) is 5.17. The van der Waals surface area contributed by atoms with E-state index in [0.29, 0.717) is 22.8 Å². The van der Waals surface area contributed by atoms with Crippen LogP contribution in [0.2, 0.25) is 0 Å². The van der Waals surface area contributed by atoms with Gasteiger partial charge in [-0.2, -0.15) is 17.0 Å². The van der Waals surface area contributed by atoms with Crippen molar-refractivity contribution in [2.45, 2.75) is 20.3 Å². The third kappa shape index (κ3) is 4.62. The Morgan fingerprint density at radius 2 is 2.06 bits per heavy atom. The predicted octanol–water partition coefficient (Wildman–Crippen LogP) is 3.52. The van der Waals surface area contributed by atoms with Crippen molar-refractivity contribution in [2.75, 3.05) is 11.5 Å². The van der Waals surface area contributed by atoms with Gasteiger partial charge in [0.2, 0.25) is 0 Å². The van der Waals surface area contributed by atoms with E-state index < -0.39 is 0 Å². The van der Waals surface area contributed by atoms with Crippen LogP contribution in [0.3, 0.4) is 0 Å². The van der Waals surface area contributed by atoms with Crippen molar-refractivity contribution in [3.63, 3.8) is 0 Å². The summed E-state index contributed by atoms with van der Waals surface area (Å²) in [6.07, 6.45) is 1.15. The lowest BCUT2D eigenvalue weighted by atomic mass is 10.1. The minimum atomic E-state index is 0.141. The summed E-state index contributed by atoms with van der Waals surface area (Å²) in [5, 5.41) is 8.66. The van der Waals surface area contributed by atoms with Gasteiger partial charge in [0.1, 0.15) is 0 Å². The highest BCUT2D eigenvalue weighted by Gasteiger charge is 2.07. The number of carbonyl (C=O) groups excluding carboxylic acids is 1. The minimum absolute atomic E-state index is 0.141. The normalized spacial score (nSPS) is 11.8. The van der Waals surface area contributed by atoms with E-state index in [1.54, 1.807) is 36.0 Å². The van der Waals surface area contributed by atoms with Crippen molar-refractivity contribution in [3.8, 4) is 6.07 Å². The molecule has 0 spiro atoms. The summed E-state index contributed by atoms with van der Waals surface area (Å²) < 4.78 is 0. The van der Waals surface area contributed by atoms with Crippen molar-refractivity contribution < 1.29 is 4.79 Å². The average molecular weight is 247 g/mol. The van der Waals surface area contributed by atoms with Gasteiger partial charge in [-0.1, -0.05) is 32.4 Å². The fourth-order valence-electron chi connectivity index (χ4n) is 1.28. The monoisotopic (exact) mass is 247 g/mol. The van der Waals surface area contributed by atoms with Crippen LogP contribution in [0.5, 0.6) is 0 Å². The zero-order valence-corrected chi connectivity index (χ0v) is 11.1. The van der Waals surface area contributed by atoms with Crippen LogP contribution in [-0.2, 0) is 0 Å². The number of rotatable bonds is 6. The van der Waals surface area contributed by atoms with E-state index in [2.05, 4.69) is 13.8 Å². The van der Waals surface area contributed by atoms with E-state index >= 15 is 0 Å². The summed E-state index contributed by atoms with van der Waals surface area (Å²) in [5.74, 6) is 2.35. The number of ketones is 1. The molecular formula is C14H17NOS. The van der Waals surface area contributed by atoms with E-state index in [0.717, 1.165) is 12.2 Å². The second kappa shape index (κ2) is 7.13. The average Bonchev–Trinajstić information content (AvgIpc) is 2.38. The highest BCUT2D eigenvalue weighted by molar-refractivity contribution is 7.99. The van der Waals surface area contributed by atoms with Gasteiger partial charge in [0.25, 0.3) is 0 Å². The molecule has 1 aromatic rings. The van der Waals surface area contributed by atoms with Crippen LogP contribution in [-0.4, -0.2) is 17.3 Å². The molecule has 3 heteroatoms. The molecule has 1 unspecified atom stereocenters. The first-order chi connectivity index (χ1) is 8.17. The zero-order chi connectivity index (χ0) is 12.7. The van der Waals surface area contributed by atoms with Crippen LogP contribution in [0.25, 0.3) is 0 Å². The molecule has 90 valence electrons. The van der Waals surface area contributed by atoms with Crippen molar-refractivity contribution in [3.05, 3.63) is 35.4 Å². The summed E-state index contributed by atoms with van der Waals surface area (Å²) in [6.45, 7) is 4.35. The van der Waals surface area contributed by atoms with E-state index in [-0.39, 0.29) is 5.78 Å². The smallest absolute Gasteiger partial charge is 0.172 e. The molecular weight excluding hydrogens is 230 g/mol. The van der Waals surface area contributed by atoms with Gasteiger partial charge in [-0.05, 0) is 23.8 Å². The fraction of sp³-hybridized carbons (Fsp3) is 0.429.